The van der Waals surface area contributed by atoms with Gasteiger partial charge in [-0.25, -0.2) is 0 Å². The van der Waals surface area contributed by atoms with Gasteiger partial charge in [0, 0.05) is 30.0 Å². The quantitative estimate of drug-likeness (QED) is 0.678. The predicted octanol–water partition coefficient (Wildman–Crippen LogP) is 3.45. The number of carbonyl (C=O) groups is 1. The number of nitrogens with one attached hydrogen (secondary N) is 1. The molecule has 1 saturated carbocycles. The van der Waals surface area contributed by atoms with E-state index in [1.807, 2.05) is 48.7 Å². The molecule has 0 spiro atoms. The van der Waals surface area contributed by atoms with Crippen LogP contribution in [0.25, 0.3) is 10.9 Å². The van der Waals surface area contributed by atoms with E-state index in [2.05, 4.69) is 28.5 Å². The molecule has 1 fully saturated rings. The van der Waals surface area contributed by atoms with Gasteiger partial charge in [-0.15, -0.1) is 0 Å². The highest BCUT2D eigenvalue weighted by molar-refractivity contribution is 5.79. The van der Waals surface area contributed by atoms with E-state index in [1.165, 1.54) is 5.56 Å². The maximum Gasteiger partial charge on any atom is 0.220 e. The fourth-order valence-electron chi connectivity index (χ4n) is 3.80. The maximum atomic E-state index is 12.3. The summed E-state index contributed by atoms with van der Waals surface area (Å²) in [6.07, 6.45) is 3.86. The first-order valence-corrected chi connectivity index (χ1v) is 9.46. The Labute approximate surface area is 159 Å². The smallest absolute Gasteiger partial charge is 0.220 e. The van der Waals surface area contributed by atoms with E-state index >= 15 is 0 Å². The minimum absolute atomic E-state index is 0.0229. The molecule has 0 bridgehead atoms. The van der Waals surface area contributed by atoms with E-state index < -0.39 is 0 Å². The fourth-order valence-corrected chi connectivity index (χ4v) is 3.80. The number of aromatic nitrogens is 1. The van der Waals surface area contributed by atoms with Gasteiger partial charge >= 0.3 is 0 Å². The number of carbonyl (C=O) groups excluding carboxylic acids is 1. The Morgan fingerprint density at radius 2 is 1.93 bits per heavy atom. The van der Waals surface area contributed by atoms with Crippen molar-refractivity contribution in [3.63, 3.8) is 0 Å². The molecule has 0 unspecified atom stereocenters. The molecule has 2 N–H and O–H groups in total. The highest BCUT2D eigenvalue weighted by Gasteiger charge is 2.54. The molecule has 2 atom stereocenters. The lowest BCUT2D eigenvalue weighted by Crippen LogP contribution is -2.33. The van der Waals surface area contributed by atoms with E-state index in [9.17, 15) is 9.90 Å². The predicted molar refractivity (Wildman–Crippen MR) is 106 cm³/mol. The zero-order valence-electron chi connectivity index (χ0n) is 15.3. The minimum Gasteiger partial charge on any atom is -0.396 e. The van der Waals surface area contributed by atoms with Gasteiger partial charge in [0.05, 0.1) is 12.1 Å². The van der Waals surface area contributed by atoms with Crippen LogP contribution in [0.2, 0.25) is 0 Å². The molecule has 27 heavy (non-hydrogen) atoms. The third-order valence-corrected chi connectivity index (χ3v) is 5.63. The van der Waals surface area contributed by atoms with E-state index in [4.69, 9.17) is 0 Å². The molecule has 1 aromatic heterocycles. The summed E-state index contributed by atoms with van der Waals surface area (Å²) in [6.45, 7) is 0.624. The van der Waals surface area contributed by atoms with Crippen LogP contribution in [0.1, 0.15) is 29.9 Å². The fraction of sp³-hybridized carbons (Fsp3) is 0.304. The number of rotatable bonds is 7. The second-order valence-corrected chi connectivity index (χ2v) is 7.50. The number of aliphatic hydroxyl groups is 1. The first-order valence-electron chi connectivity index (χ1n) is 9.46. The van der Waals surface area contributed by atoms with Crippen molar-refractivity contribution < 1.29 is 9.90 Å². The zero-order valence-corrected chi connectivity index (χ0v) is 15.3. The molecule has 1 aliphatic carbocycles. The summed E-state index contributed by atoms with van der Waals surface area (Å²) in [5.74, 6) is 0.350. The zero-order chi connectivity index (χ0) is 18.7. The summed E-state index contributed by atoms with van der Waals surface area (Å²) in [5.41, 5.74) is 3.07. The van der Waals surface area contributed by atoms with Gasteiger partial charge in [0.2, 0.25) is 5.91 Å². The molecule has 4 heteroatoms. The molecular formula is C23H24N2O2. The Kier molecular flexibility index (Phi) is 4.90. The summed E-state index contributed by atoms with van der Waals surface area (Å²) >= 11 is 0. The molecule has 0 radical (unpaired) electrons. The molecular weight excluding hydrogens is 336 g/mol. The van der Waals surface area contributed by atoms with Gasteiger partial charge in [0.1, 0.15) is 0 Å². The van der Waals surface area contributed by atoms with Crippen molar-refractivity contribution in [1.82, 2.24) is 10.3 Å². The molecule has 2 aromatic carbocycles. The Morgan fingerprint density at radius 1 is 1.15 bits per heavy atom. The van der Waals surface area contributed by atoms with Crippen molar-refractivity contribution >= 4 is 16.8 Å². The number of pyridine rings is 1. The molecule has 1 heterocycles. The molecule has 4 nitrogen and oxygen atoms in total. The molecule has 4 rings (SSSR count). The van der Waals surface area contributed by atoms with Gasteiger partial charge in [-0.3, -0.25) is 9.78 Å². The Balaban J connectivity index is 1.30. The van der Waals surface area contributed by atoms with Crippen molar-refractivity contribution in [2.75, 3.05) is 13.2 Å². The molecule has 1 aliphatic rings. The largest absolute Gasteiger partial charge is 0.396 e. The van der Waals surface area contributed by atoms with E-state index in [0.717, 1.165) is 22.9 Å². The number of hydrogen-bond acceptors (Lipinski definition) is 3. The van der Waals surface area contributed by atoms with Crippen molar-refractivity contribution in [3.8, 4) is 0 Å². The first kappa shape index (κ1) is 17.7. The van der Waals surface area contributed by atoms with Crippen molar-refractivity contribution in [1.29, 1.82) is 0 Å². The number of para-hydroxylation sites is 1. The van der Waals surface area contributed by atoms with E-state index in [1.54, 1.807) is 0 Å². The number of hydrogen-bond donors (Lipinski definition) is 2. The van der Waals surface area contributed by atoms with Crippen LogP contribution in [0.4, 0.5) is 0 Å². The van der Waals surface area contributed by atoms with E-state index in [0.29, 0.717) is 25.3 Å². The number of nitrogens with zero attached hydrogens (tertiary/aromatic N) is 1. The van der Waals surface area contributed by atoms with Gasteiger partial charge in [-0.05, 0) is 42.0 Å². The van der Waals surface area contributed by atoms with Gasteiger partial charge < -0.3 is 10.4 Å². The monoisotopic (exact) mass is 360 g/mol. The van der Waals surface area contributed by atoms with Gasteiger partial charge in [0.15, 0.2) is 0 Å². The molecule has 0 saturated heterocycles. The standard InChI is InChI=1S/C23H24N2O2/c26-16-23(13-20(23)18-6-2-1-3-7-18)15-25-22(27)11-10-17-12-19-8-4-5-9-21(19)24-14-17/h1-9,12,14,20,26H,10-11,13,15-16H2,(H,25,27)/t20-,23-/m0/s1. The average Bonchev–Trinajstić information content (AvgIpc) is 3.46. The number of aryl methyl sites for hydroxylation is 1. The van der Waals surface area contributed by atoms with Gasteiger partial charge in [-0.1, -0.05) is 48.5 Å². The normalized spacial score (nSPS) is 21.1. The molecule has 3 aromatic rings. The summed E-state index contributed by atoms with van der Waals surface area (Å²) in [6, 6.07) is 20.3. The lowest BCUT2D eigenvalue weighted by atomic mass is 9.99. The highest BCUT2D eigenvalue weighted by atomic mass is 16.3. The van der Waals surface area contributed by atoms with Crippen LogP contribution in [0.5, 0.6) is 0 Å². The first-order chi connectivity index (χ1) is 13.2. The lowest BCUT2D eigenvalue weighted by molar-refractivity contribution is -0.121. The maximum absolute atomic E-state index is 12.3. The number of benzene rings is 2. The Bertz CT molecular complexity index is 941. The lowest BCUT2D eigenvalue weighted by Gasteiger charge is -2.16. The van der Waals surface area contributed by atoms with Crippen LogP contribution in [0, 0.1) is 5.41 Å². The Hall–Kier alpha value is -2.72. The molecule has 1 amide bonds. The summed E-state index contributed by atoms with van der Waals surface area (Å²) in [5, 5.41) is 14.0. The minimum atomic E-state index is -0.207. The summed E-state index contributed by atoms with van der Waals surface area (Å²) in [4.78, 5) is 16.7. The summed E-state index contributed by atoms with van der Waals surface area (Å²) < 4.78 is 0. The second-order valence-electron chi connectivity index (χ2n) is 7.50. The third-order valence-electron chi connectivity index (χ3n) is 5.63. The summed E-state index contributed by atoms with van der Waals surface area (Å²) in [7, 11) is 0. The SMILES string of the molecule is O=C(CCc1cnc2ccccc2c1)NC[C@]1(CO)C[C@H]1c1ccccc1. The van der Waals surface area contributed by atoms with E-state index in [-0.39, 0.29) is 17.9 Å². The number of fused-ring (bicyclic) bond motifs is 1. The van der Waals surface area contributed by atoms with Gasteiger partial charge in [-0.2, -0.15) is 0 Å². The molecule has 138 valence electrons. The van der Waals surface area contributed by atoms with Crippen molar-refractivity contribution in [2.24, 2.45) is 5.41 Å². The van der Waals surface area contributed by atoms with Crippen LogP contribution in [-0.4, -0.2) is 29.1 Å². The second kappa shape index (κ2) is 7.49. The number of amides is 1. The van der Waals surface area contributed by atoms with Crippen molar-refractivity contribution in [2.45, 2.75) is 25.2 Å². The van der Waals surface area contributed by atoms with Crippen molar-refractivity contribution in [3.05, 3.63) is 78.0 Å². The third kappa shape index (κ3) is 3.86. The average molecular weight is 360 g/mol. The molecule has 0 aliphatic heterocycles. The topological polar surface area (TPSA) is 62.2 Å². The van der Waals surface area contributed by atoms with Gasteiger partial charge in [0.25, 0.3) is 0 Å². The Morgan fingerprint density at radius 3 is 2.74 bits per heavy atom. The van der Waals surface area contributed by atoms with Crippen LogP contribution in [0.15, 0.2) is 66.9 Å². The van der Waals surface area contributed by atoms with Crippen LogP contribution in [-0.2, 0) is 11.2 Å². The highest BCUT2D eigenvalue weighted by Crippen LogP contribution is 2.58. The number of aliphatic hydroxyl groups excluding tert-OH is 1. The van der Waals surface area contributed by atoms with Crippen LogP contribution < -0.4 is 5.32 Å². The van der Waals surface area contributed by atoms with Crippen LogP contribution >= 0.6 is 0 Å². The van der Waals surface area contributed by atoms with Crippen LogP contribution in [0.3, 0.4) is 0 Å².